The van der Waals surface area contributed by atoms with Gasteiger partial charge in [0.1, 0.15) is 0 Å². The van der Waals surface area contributed by atoms with Gasteiger partial charge < -0.3 is 10.6 Å². The summed E-state index contributed by atoms with van der Waals surface area (Å²) in [7, 11) is 0. The van der Waals surface area contributed by atoms with Crippen molar-refractivity contribution < 1.29 is 10.6 Å². The van der Waals surface area contributed by atoms with Gasteiger partial charge in [-0.3, -0.25) is 0 Å². The third kappa shape index (κ3) is 67.5. The Kier molecular flexibility index (Phi) is 76.1. The van der Waals surface area contributed by atoms with Crippen molar-refractivity contribution in [3.63, 3.8) is 0 Å². The molecule has 1 N–H and O–H groups in total. The second-order valence-electron chi connectivity index (χ2n) is 0.316. The maximum Gasteiger partial charge on any atom is 2.00 e. The van der Waals surface area contributed by atoms with E-state index in [0.717, 1.165) is 0 Å². The second kappa shape index (κ2) is 22.1. The van der Waals surface area contributed by atoms with Crippen LogP contribution in [0.4, 0.5) is 0 Å². The molecule has 30 valence electrons. The molecule has 0 aliphatic heterocycles. The van der Waals surface area contributed by atoms with E-state index in [4.69, 9.17) is 5.11 Å². The van der Waals surface area contributed by atoms with E-state index in [-0.39, 0.29) is 36.0 Å². The van der Waals surface area contributed by atoms with E-state index in [0.29, 0.717) is 0 Å². The van der Waals surface area contributed by atoms with Crippen molar-refractivity contribution in [3.8, 4) is 0 Å². The molecule has 3 heteroatoms. The Morgan fingerprint density at radius 1 is 1.60 bits per heavy atom. The van der Waals surface area contributed by atoms with E-state index in [9.17, 15) is 0 Å². The summed E-state index contributed by atoms with van der Waals surface area (Å²) >= 11 is 0. The van der Waals surface area contributed by atoms with Crippen LogP contribution in [-0.2, 0) is 5.48 Å². The van der Waals surface area contributed by atoms with Crippen LogP contribution in [0.1, 0.15) is 6.92 Å². The van der Waals surface area contributed by atoms with Gasteiger partial charge in [-0.1, -0.05) is 0 Å². The Balaban J connectivity index is -0.0000000200. The molecule has 0 fully saturated rings. The summed E-state index contributed by atoms with van der Waals surface area (Å²) < 4.78 is 0. The summed E-state index contributed by atoms with van der Waals surface area (Å²) in [5.74, 6) is 0. The number of aliphatic hydroxyl groups excluding tert-OH is 1. The smallest absolute Gasteiger partial charge is 2.00 e. The van der Waals surface area contributed by atoms with E-state index in [1.54, 1.807) is 6.92 Å². The van der Waals surface area contributed by atoms with Crippen molar-refractivity contribution in [3.05, 3.63) is 0 Å². The molecule has 0 unspecified atom stereocenters. The molecule has 0 heterocycles. The van der Waals surface area contributed by atoms with Crippen molar-refractivity contribution in [1.82, 2.24) is 0 Å². The van der Waals surface area contributed by atoms with Gasteiger partial charge in [0.05, 0.1) is 0 Å². The third-order valence-electron chi connectivity index (χ3n) is 0. The van der Waals surface area contributed by atoms with E-state index in [2.05, 4.69) is 0 Å². The number of rotatable bonds is 0. The van der Waals surface area contributed by atoms with E-state index in [1.165, 1.54) is 0 Å². The number of hydrogen-bond acceptors (Lipinski definition) is 1. The number of hydrogen-bond donors (Lipinski definition) is 1. The normalized spacial score (nSPS) is 3.60. The standard InChI is InChI=1S/C2H6O.O.Sn/c1-2-3;;/h3H,2H2,1H3;;/q;-2;+2. The maximum atomic E-state index is 7.57. The molecule has 0 aliphatic rings. The van der Waals surface area contributed by atoms with Gasteiger partial charge >= 0.3 is 23.9 Å². The first-order valence-corrected chi connectivity index (χ1v) is 1.02. The molecule has 0 atom stereocenters. The zero-order valence-electron chi connectivity index (χ0n) is 3.06. The van der Waals surface area contributed by atoms with Crippen molar-refractivity contribution in [2.45, 2.75) is 6.92 Å². The van der Waals surface area contributed by atoms with Crippen LogP contribution in [0.2, 0.25) is 0 Å². The molecule has 0 aromatic carbocycles. The van der Waals surface area contributed by atoms with Crippen molar-refractivity contribution >= 4 is 23.9 Å². The van der Waals surface area contributed by atoms with Crippen molar-refractivity contribution in [2.75, 3.05) is 6.61 Å². The average molecular weight is 181 g/mol. The minimum absolute atomic E-state index is 0. The monoisotopic (exact) mass is 182 g/mol. The first-order valence-electron chi connectivity index (χ1n) is 1.02. The fraction of sp³-hybridized carbons (Fsp3) is 1.00. The first kappa shape index (κ1) is 17.2. The quantitative estimate of drug-likeness (QED) is 0.503. The Hall–Kier alpha value is 0.719. The third-order valence-corrected chi connectivity index (χ3v) is 0. The molecule has 0 aliphatic carbocycles. The van der Waals surface area contributed by atoms with Crippen LogP contribution in [0.15, 0.2) is 0 Å². The summed E-state index contributed by atoms with van der Waals surface area (Å²) in [6.45, 7) is 1.93. The van der Waals surface area contributed by atoms with Crippen molar-refractivity contribution in [2.24, 2.45) is 0 Å². The second-order valence-corrected chi connectivity index (χ2v) is 0.316. The SMILES string of the molecule is CCO.[O-2].[Sn+2]. The first-order chi connectivity index (χ1) is 1.41. The summed E-state index contributed by atoms with van der Waals surface area (Å²) in [5.41, 5.74) is 0. The summed E-state index contributed by atoms with van der Waals surface area (Å²) in [6.07, 6.45) is 0. The Bertz CT molecular complexity index is 7.61. The van der Waals surface area contributed by atoms with Gasteiger partial charge in [0.2, 0.25) is 0 Å². The van der Waals surface area contributed by atoms with E-state index >= 15 is 0 Å². The Morgan fingerprint density at radius 2 is 1.60 bits per heavy atom. The van der Waals surface area contributed by atoms with Gasteiger partial charge in [0, 0.05) is 6.61 Å². The molecule has 2 radical (unpaired) electrons. The summed E-state index contributed by atoms with van der Waals surface area (Å²) in [4.78, 5) is 0. The fourth-order valence-corrected chi connectivity index (χ4v) is 0. The van der Waals surface area contributed by atoms with Gasteiger partial charge in [0.15, 0.2) is 0 Å². The minimum Gasteiger partial charge on any atom is -2.00 e. The summed E-state index contributed by atoms with van der Waals surface area (Å²) in [6, 6.07) is 0. The van der Waals surface area contributed by atoms with Crippen LogP contribution in [0.25, 0.3) is 0 Å². The molecule has 0 aromatic heterocycles. The van der Waals surface area contributed by atoms with Gasteiger partial charge in [-0.2, -0.15) is 0 Å². The predicted molar refractivity (Wildman–Crippen MR) is 19.2 cm³/mol. The molecular formula is C2H6O2Sn. The maximum absolute atomic E-state index is 7.57. The molecule has 0 amide bonds. The van der Waals surface area contributed by atoms with Crippen LogP contribution in [-0.4, -0.2) is 35.6 Å². The van der Waals surface area contributed by atoms with Gasteiger partial charge in [-0.25, -0.2) is 0 Å². The molecule has 0 saturated carbocycles. The molecule has 2 nitrogen and oxygen atoms in total. The minimum atomic E-state index is 0. The predicted octanol–water partition coefficient (Wildman–Crippen LogP) is -0.501. The molecule has 0 spiro atoms. The largest absolute Gasteiger partial charge is 2.00 e. The molecule has 0 rings (SSSR count). The fourth-order valence-electron chi connectivity index (χ4n) is 0. The van der Waals surface area contributed by atoms with Gasteiger partial charge in [0.25, 0.3) is 0 Å². The van der Waals surface area contributed by atoms with E-state index < -0.39 is 0 Å². The Labute approximate surface area is 48.5 Å². The zero-order chi connectivity index (χ0) is 2.71. The molecular weight excluding hydrogens is 175 g/mol. The van der Waals surface area contributed by atoms with Crippen LogP contribution in [0.5, 0.6) is 0 Å². The molecule has 0 saturated heterocycles. The van der Waals surface area contributed by atoms with E-state index in [1.807, 2.05) is 0 Å². The average Bonchev–Trinajstić information content (AvgIpc) is 0.918. The van der Waals surface area contributed by atoms with Crippen molar-refractivity contribution in [1.29, 1.82) is 0 Å². The van der Waals surface area contributed by atoms with Crippen LogP contribution in [0.3, 0.4) is 0 Å². The van der Waals surface area contributed by atoms with Gasteiger partial charge in [-0.15, -0.1) is 0 Å². The van der Waals surface area contributed by atoms with Crippen LogP contribution < -0.4 is 0 Å². The molecule has 0 aromatic rings. The number of aliphatic hydroxyl groups is 1. The topological polar surface area (TPSA) is 48.7 Å². The van der Waals surface area contributed by atoms with Crippen LogP contribution >= 0.6 is 0 Å². The van der Waals surface area contributed by atoms with Crippen LogP contribution in [0, 0.1) is 0 Å². The zero-order valence-corrected chi connectivity index (χ0v) is 5.92. The molecule has 5 heavy (non-hydrogen) atoms. The molecule has 0 bridgehead atoms. The Morgan fingerprint density at radius 3 is 1.60 bits per heavy atom. The van der Waals surface area contributed by atoms with Gasteiger partial charge in [-0.05, 0) is 6.92 Å². The summed E-state index contributed by atoms with van der Waals surface area (Å²) in [5, 5.41) is 7.57.